The first-order chi connectivity index (χ1) is 17.2. The fourth-order valence-electron chi connectivity index (χ4n) is 3.65. The Morgan fingerprint density at radius 3 is 2.86 bits per heavy atom. The number of thioether (sulfide) groups is 1. The van der Waals surface area contributed by atoms with E-state index in [4.69, 9.17) is 9.47 Å². The van der Waals surface area contributed by atoms with Crippen LogP contribution in [0.1, 0.15) is 15.9 Å². The lowest BCUT2D eigenvalue weighted by molar-refractivity contribution is 0.101. The molecule has 0 saturated heterocycles. The molecule has 11 nitrogen and oxygen atoms in total. The summed E-state index contributed by atoms with van der Waals surface area (Å²) in [7, 11) is 0. The van der Waals surface area contributed by atoms with Gasteiger partial charge in [0.15, 0.2) is 11.5 Å². The van der Waals surface area contributed by atoms with E-state index in [0.29, 0.717) is 46.4 Å². The van der Waals surface area contributed by atoms with Gasteiger partial charge in [0.2, 0.25) is 5.16 Å². The van der Waals surface area contributed by atoms with Gasteiger partial charge < -0.3 is 9.47 Å². The van der Waals surface area contributed by atoms with Gasteiger partial charge in [-0.2, -0.15) is 9.50 Å². The zero-order valence-corrected chi connectivity index (χ0v) is 18.9. The van der Waals surface area contributed by atoms with Crippen molar-refractivity contribution in [3.63, 3.8) is 0 Å². The van der Waals surface area contributed by atoms with Crippen LogP contribution in [0.5, 0.6) is 11.5 Å². The van der Waals surface area contributed by atoms with Crippen molar-refractivity contribution >= 4 is 34.3 Å². The number of carbonyl (C=O) groups is 1. The highest BCUT2D eigenvalue weighted by atomic mass is 32.2. The van der Waals surface area contributed by atoms with Crippen LogP contribution in [0.25, 0.3) is 16.7 Å². The Balaban J connectivity index is 1.25. The van der Waals surface area contributed by atoms with Gasteiger partial charge in [0, 0.05) is 30.5 Å². The number of nitrogens with one attached hydrogen (secondary N) is 1. The summed E-state index contributed by atoms with van der Waals surface area (Å²) in [4.78, 5) is 38.1. The van der Waals surface area contributed by atoms with Crippen LogP contribution in [0, 0.1) is 0 Å². The van der Waals surface area contributed by atoms with Crippen LogP contribution < -0.4 is 20.5 Å². The molecule has 0 bridgehead atoms. The first-order valence-corrected chi connectivity index (χ1v) is 11.6. The van der Waals surface area contributed by atoms with Crippen LogP contribution in [0.2, 0.25) is 0 Å². The summed E-state index contributed by atoms with van der Waals surface area (Å²) in [5.41, 5.74) is 4.04. The highest BCUT2D eigenvalue weighted by Crippen LogP contribution is 2.32. The van der Waals surface area contributed by atoms with Gasteiger partial charge in [-0.3, -0.25) is 20.0 Å². The second-order valence-corrected chi connectivity index (χ2v) is 8.55. The molecule has 0 spiro atoms. The molecule has 1 amide bonds. The summed E-state index contributed by atoms with van der Waals surface area (Å²) < 4.78 is 13.8. The van der Waals surface area contributed by atoms with Crippen molar-refractivity contribution in [2.75, 3.05) is 18.6 Å². The van der Waals surface area contributed by atoms with E-state index in [9.17, 15) is 9.59 Å². The summed E-state index contributed by atoms with van der Waals surface area (Å²) >= 11 is 1.45. The Labute approximate surface area is 201 Å². The van der Waals surface area contributed by atoms with Crippen LogP contribution >= 0.6 is 11.8 Å². The zero-order valence-electron chi connectivity index (χ0n) is 18.1. The van der Waals surface area contributed by atoms with Crippen LogP contribution in [0.4, 0.5) is 0 Å². The molecular formula is C23H17N7O4S. The van der Waals surface area contributed by atoms with Gasteiger partial charge in [-0.15, -0.1) is 5.10 Å². The molecule has 35 heavy (non-hydrogen) atoms. The van der Waals surface area contributed by atoms with E-state index in [-0.39, 0.29) is 0 Å². The molecule has 0 saturated carbocycles. The van der Waals surface area contributed by atoms with Gasteiger partial charge in [0.25, 0.3) is 17.2 Å². The van der Waals surface area contributed by atoms with E-state index in [1.807, 2.05) is 18.2 Å². The molecular weight excluding hydrogens is 470 g/mol. The van der Waals surface area contributed by atoms with Crippen molar-refractivity contribution in [3.8, 4) is 11.5 Å². The minimum absolute atomic E-state index is 0.291. The number of pyridine rings is 2. The molecule has 4 aromatic heterocycles. The predicted molar refractivity (Wildman–Crippen MR) is 127 cm³/mol. The minimum Gasteiger partial charge on any atom is -0.486 e. The third-order valence-electron chi connectivity index (χ3n) is 5.33. The standard InChI is InChI=1S/C23H17N7O4S/c31-20(15-2-1-6-24-11-15)27-29-7-5-17-16(21(29)32)12-25-22-26-23(28-30(17)22)35-13-14-3-4-18-19(10-14)34-9-8-33-18/h1-7,10-12H,8-9,13H2,(H,27,31). The lowest BCUT2D eigenvalue weighted by Gasteiger charge is -2.18. The molecule has 5 heterocycles. The first-order valence-electron chi connectivity index (χ1n) is 10.7. The third-order valence-corrected chi connectivity index (χ3v) is 6.24. The Morgan fingerprint density at radius 1 is 1.11 bits per heavy atom. The number of rotatable bonds is 5. The minimum atomic E-state index is -0.452. The van der Waals surface area contributed by atoms with Crippen LogP contribution in [0.15, 0.2) is 71.1 Å². The van der Waals surface area contributed by atoms with E-state index in [0.717, 1.165) is 21.7 Å². The quantitative estimate of drug-likeness (QED) is 0.372. The molecule has 0 unspecified atom stereocenters. The lowest BCUT2D eigenvalue weighted by atomic mass is 10.2. The van der Waals surface area contributed by atoms with Gasteiger partial charge >= 0.3 is 0 Å². The Bertz CT molecular complexity index is 1630. The first kappa shape index (κ1) is 21.1. The number of nitrogens with zero attached hydrogens (tertiary/aromatic N) is 6. The molecule has 1 aromatic carbocycles. The van der Waals surface area contributed by atoms with Gasteiger partial charge in [0.05, 0.1) is 16.5 Å². The van der Waals surface area contributed by atoms with E-state index in [2.05, 4.69) is 25.5 Å². The van der Waals surface area contributed by atoms with Crippen molar-refractivity contribution in [2.45, 2.75) is 10.9 Å². The Kier molecular flexibility index (Phi) is 5.26. The number of fused-ring (bicyclic) bond motifs is 4. The molecule has 0 atom stereocenters. The summed E-state index contributed by atoms with van der Waals surface area (Å²) in [6.07, 6.45) is 5.90. The average molecular weight is 488 g/mol. The third kappa shape index (κ3) is 4.04. The number of benzene rings is 1. The topological polar surface area (TPSA) is 126 Å². The van der Waals surface area contributed by atoms with Crippen molar-refractivity contribution in [1.82, 2.24) is 29.2 Å². The van der Waals surface area contributed by atoms with E-state index in [1.165, 1.54) is 34.9 Å². The monoisotopic (exact) mass is 487 g/mol. The molecule has 1 N–H and O–H groups in total. The number of amides is 1. The van der Waals surface area contributed by atoms with Crippen LogP contribution in [0.3, 0.4) is 0 Å². The predicted octanol–water partition coefficient (Wildman–Crippen LogP) is 2.28. The normalized spacial score (nSPS) is 12.7. The maximum absolute atomic E-state index is 13.0. The molecule has 1 aliphatic heterocycles. The molecule has 0 aliphatic carbocycles. The maximum atomic E-state index is 13.0. The van der Waals surface area contributed by atoms with E-state index >= 15 is 0 Å². The van der Waals surface area contributed by atoms with E-state index < -0.39 is 11.5 Å². The van der Waals surface area contributed by atoms with Crippen molar-refractivity contribution in [3.05, 3.63) is 82.7 Å². The zero-order chi connectivity index (χ0) is 23.8. The molecule has 0 fully saturated rings. The highest BCUT2D eigenvalue weighted by molar-refractivity contribution is 7.98. The van der Waals surface area contributed by atoms with Gasteiger partial charge in [0.1, 0.15) is 13.2 Å². The molecule has 0 radical (unpaired) electrons. The molecule has 5 aromatic rings. The number of hydrogen-bond acceptors (Lipinski definition) is 9. The molecule has 174 valence electrons. The van der Waals surface area contributed by atoms with Crippen molar-refractivity contribution in [2.24, 2.45) is 0 Å². The van der Waals surface area contributed by atoms with Gasteiger partial charge in [-0.05, 0) is 35.9 Å². The Morgan fingerprint density at radius 2 is 2.00 bits per heavy atom. The number of aromatic nitrogens is 6. The van der Waals surface area contributed by atoms with Gasteiger partial charge in [-0.1, -0.05) is 17.8 Å². The summed E-state index contributed by atoms with van der Waals surface area (Å²) in [6.45, 7) is 1.08. The van der Waals surface area contributed by atoms with E-state index in [1.54, 1.807) is 24.4 Å². The van der Waals surface area contributed by atoms with Crippen LogP contribution in [-0.4, -0.2) is 48.4 Å². The molecule has 6 rings (SSSR count). The Hall–Kier alpha value is -4.45. The smallest absolute Gasteiger partial charge is 0.280 e. The SMILES string of the molecule is O=C(Nn1ccc2c(cnc3nc(SCc4ccc5c(c4)OCCO5)nn32)c1=O)c1cccnc1. The number of carbonyl (C=O) groups excluding carboxylic acids is 1. The lowest BCUT2D eigenvalue weighted by Crippen LogP contribution is -2.33. The molecule has 12 heteroatoms. The summed E-state index contributed by atoms with van der Waals surface area (Å²) in [5, 5.41) is 5.34. The second kappa shape index (κ2) is 8.72. The average Bonchev–Trinajstić information content (AvgIpc) is 3.33. The largest absolute Gasteiger partial charge is 0.486 e. The van der Waals surface area contributed by atoms with Crippen LogP contribution in [-0.2, 0) is 5.75 Å². The summed E-state index contributed by atoms with van der Waals surface area (Å²) in [5.74, 6) is 2.02. The fourth-order valence-corrected chi connectivity index (χ4v) is 4.41. The second-order valence-electron chi connectivity index (χ2n) is 7.60. The number of hydrogen-bond donors (Lipinski definition) is 1. The number of ether oxygens (including phenoxy) is 2. The van der Waals surface area contributed by atoms with Crippen molar-refractivity contribution < 1.29 is 14.3 Å². The maximum Gasteiger partial charge on any atom is 0.280 e. The molecule has 1 aliphatic rings. The van der Waals surface area contributed by atoms with Crippen molar-refractivity contribution in [1.29, 1.82) is 0 Å². The van der Waals surface area contributed by atoms with Gasteiger partial charge in [-0.25, -0.2) is 9.66 Å². The highest BCUT2D eigenvalue weighted by Gasteiger charge is 2.15. The fraction of sp³-hybridized carbons (Fsp3) is 0.130. The summed E-state index contributed by atoms with van der Waals surface area (Å²) in [6, 6.07) is 10.8.